The Balaban J connectivity index is 1.77. The average Bonchev–Trinajstić information content (AvgIpc) is 4.06. The van der Waals surface area contributed by atoms with Crippen molar-refractivity contribution in [3.05, 3.63) is 94.8 Å². The van der Waals surface area contributed by atoms with Gasteiger partial charge in [-0.25, -0.2) is 41.3 Å². The molecule has 0 spiro atoms. The van der Waals surface area contributed by atoms with Crippen molar-refractivity contribution in [2.75, 3.05) is 0 Å². The Kier molecular flexibility index (Phi) is 11.4. The minimum Gasteiger partial charge on any atom is -0.230 e. The lowest BCUT2D eigenvalue weighted by Gasteiger charge is -2.08. The summed E-state index contributed by atoms with van der Waals surface area (Å²) in [6.45, 7) is 0. The van der Waals surface area contributed by atoms with Crippen LogP contribution in [-0.4, -0.2) is 15.0 Å². The summed E-state index contributed by atoms with van der Waals surface area (Å²) in [5.41, 5.74) is -21.4. The summed E-state index contributed by atoms with van der Waals surface area (Å²) in [5, 5.41) is 11.5. The Morgan fingerprint density at radius 1 is 0.319 bits per heavy atom. The van der Waals surface area contributed by atoms with E-state index >= 15 is 26.3 Å². The molecule has 1 aromatic carbocycles. The van der Waals surface area contributed by atoms with Crippen LogP contribution < -0.4 is 31.3 Å². The molecule has 0 N–H and O–H groups in total. The maximum absolute atomic E-state index is 16.9. The summed E-state index contributed by atoms with van der Waals surface area (Å²) in [6, 6.07) is 2.34. The lowest BCUT2D eigenvalue weighted by molar-refractivity contribution is -0.162. The van der Waals surface area contributed by atoms with E-state index in [1.165, 1.54) is 0 Å². The molecule has 7 rings (SSSR count). The number of rotatable bonds is 3. The fourth-order valence-electron chi connectivity index (χ4n) is 6.83. The molecule has 0 unspecified atom stereocenters. The second-order valence-corrected chi connectivity index (χ2v) is 16.3. The first kappa shape index (κ1) is 50.2. The van der Waals surface area contributed by atoms with Crippen LogP contribution in [-0.2, 0) is 37.1 Å². The first-order valence-corrected chi connectivity index (χ1v) is 19.2. The summed E-state index contributed by atoms with van der Waals surface area (Å²) in [6.07, 6.45) is -36.2. The second-order valence-electron chi connectivity index (χ2n) is 13.3. The van der Waals surface area contributed by atoms with Gasteiger partial charge >= 0.3 is 37.1 Å². The predicted molar refractivity (Wildman–Crippen MR) is 185 cm³/mol. The van der Waals surface area contributed by atoms with Crippen LogP contribution in [0.4, 0.5) is 105 Å². The molecule has 360 valence electrons. The topological polar surface area (TPSA) is 110 Å². The Bertz CT molecular complexity index is 3060. The van der Waals surface area contributed by atoms with Gasteiger partial charge < -0.3 is 0 Å². The van der Waals surface area contributed by atoms with Gasteiger partial charge in [-0.15, -0.1) is 34.0 Å². The van der Waals surface area contributed by atoms with E-state index in [-0.39, 0.29) is 0 Å². The van der Waals surface area contributed by atoms with E-state index in [0.29, 0.717) is 0 Å². The normalized spacial score (nSPS) is 15.5. The Morgan fingerprint density at radius 3 is 0.609 bits per heavy atom. The van der Waals surface area contributed by atoms with Gasteiger partial charge in [0.2, 0.25) is 0 Å². The number of halogens is 24. The van der Waals surface area contributed by atoms with Crippen molar-refractivity contribution in [1.29, 1.82) is 15.8 Å². The molecule has 0 amide bonds. The van der Waals surface area contributed by atoms with E-state index in [0.717, 1.165) is 18.2 Å². The van der Waals surface area contributed by atoms with Crippen LogP contribution in [0.5, 0.6) is 0 Å². The molecule has 0 fully saturated rings. The fourth-order valence-corrected chi connectivity index (χ4v) is 9.69. The molecule has 0 aliphatic heterocycles. The monoisotopic (exact) mass is 1070 g/mol. The lowest BCUT2D eigenvalue weighted by atomic mass is 10.1. The number of nitrogens with zero attached hydrogens (tertiary/aromatic N) is 6. The molecule has 69 heavy (non-hydrogen) atoms. The van der Waals surface area contributed by atoms with Gasteiger partial charge in [-0.3, -0.25) is 0 Å². The number of aromatic nitrogens is 3. The first-order valence-electron chi connectivity index (χ1n) is 16.8. The molecule has 3 aliphatic rings. The van der Waals surface area contributed by atoms with Gasteiger partial charge in [0.1, 0.15) is 99.5 Å². The molecular weight excluding hydrogens is 1070 g/mol. The maximum atomic E-state index is 16.9. The molecule has 0 saturated heterocycles. The number of alkyl halides is 18. The van der Waals surface area contributed by atoms with E-state index in [9.17, 15) is 94.8 Å². The van der Waals surface area contributed by atoms with Gasteiger partial charge in [-0.05, 0) is 0 Å². The SMILES string of the molecule is N#CC(=C1C(F)=c2c3c(c4c(c2=C1F)=C(F)C(=C(C#N)c1nc(C(F)(F)F)c(C(F)(F)F)s1)C=4F)=C(F)C(=C(C#N)c1nc(C(F)(F)F)c(C(F)(F)F)s1)C=3F)c1nc(C(F)(F)F)c(C(F)(F)F)s1. The molecule has 33 heteroatoms. The smallest absolute Gasteiger partial charge is 0.230 e. The van der Waals surface area contributed by atoms with Crippen molar-refractivity contribution in [1.82, 2.24) is 15.0 Å². The lowest BCUT2D eigenvalue weighted by Crippen LogP contribution is -2.64. The van der Waals surface area contributed by atoms with E-state index in [1.807, 2.05) is 0 Å². The number of hydrogen-bond acceptors (Lipinski definition) is 9. The number of thiazole rings is 3. The van der Waals surface area contributed by atoms with E-state index in [2.05, 4.69) is 15.0 Å². The highest BCUT2D eigenvalue weighted by Crippen LogP contribution is 2.49. The molecule has 3 heterocycles. The largest absolute Gasteiger partial charge is 0.434 e. The highest BCUT2D eigenvalue weighted by atomic mass is 32.1. The molecule has 0 radical (unpaired) electrons. The van der Waals surface area contributed by atoms with Crippen LogP contribution in [0.2, 0.25) is 0 Å². The van der Waals surface area contributed by atoms with Crippen molar-refractivity contribution in [3.63, 3.8) is 0 Å². The van der Waals surface area contributed by atoms with Gasteiger partial charge in [0, 0.05) is 31.3 Å². The molecule has 0 bridgehead atoms. The number of allylic oxidation sites excluding steroid dienone is 6. The van der Waals surface area contributed by atoms with Crippen LogP contribution in [0.1, 0.15) is 46.7 Å². The van der Waals surface area contributed by atoms with Gasteiger partial charge in [0.05, 0.1) is 16.7 Å². The van der Waals surface area contributed by atoms with E-state index in [1.54, 1.807) is 0 Å². The summed E-state index contributed by atoms with van der Waals surface area (Å²) in [7, 11) is 0. The number of nitriles is 3. The second kappa shape index (κ2) is 15.7. The third kappa shape index (κ3) is 7.71. The van der Waals surface area contributed by atoms with E-state index < -0.39 is 218 Å². The molecule has 3 aliphatic carbocycles. The van der Waals surface area contributed by atoms with Crippen molar-refractivity contribution >= 4 is 85.7 Å². The maximum Gasteiger partial charge on any atom is 0.434 e. The van der Waals surface area contributed by atoms with Crippen molar-refractivity contribution < 1.29 is 105 Å². The quantitative estimate of drug-likeness (QED) is 0.149. The molecule has 0 saturated carbocycles. The van der Waals surface area contributed by atoms with Gasteiger partial charge in [-0.1, -0.05) is 0 Å². The molecular formula is C36F24N6S3. The number of fused-ring (bicyclic) bond motifs is 6. The fraction of sp³-hybridized carbons (Fsp3) is 0.167. The van der Waals surface area contributed by atoms with Gasteiger partial charge in [0.25, 0.3) is 0 Å². The summed E-state index contributed by atoms with van der Waals surface area (Å²) in [4.78, 5) is -0.349. The van der Waals surface area contributed by atoms with Crippen molar-refractivity contribution in [2.24, 2.45) is 0 Å². The van der Waals surface area contributed by atoms with Crippen molar-refractivity contribution in [2.45, 2.75) is 37.1 Å². The zero-order valence-electron chi connectivity index (χ0n) is 31.0. The van der Waals surface area contributed by atoms with Crippen LogP contribution >= 0.6 is 34.0 Å². The van der Waals surface area contributed by atoms with Crippen molar-refractivity contribution in [3.8, 4) is 18.2 Å². The Morgan fingerprint density at radius 2 is 0.493 bits per heavy atom. The first-order chi connectivity index (χ1) is 31.4. The number of benzene rings is 1. The van der Waals surface area contributed by atoms with Gasteiger partial charge in [0.15, 0.2) is 17.1 Å². The van der Waals surface area contributed by atoms with Crippen LogP contribution in [0.3, 0.4) is 0 Å². The van der Waals surface area contributed by atoms with Crippen LogP contribution in [0, 0.1) is 34.0 Å². The molecule has 3 aromatic heterocycles. The zero-order chi connectivity index (χ0) is 52.0. The van der Waals surface area contributed by atoms with Gasteiger partial charge in [-0.2, -0.15) is 94.8 Å². The summed E-state index contributed by atoms with van der Waals surface area (Å²) < 4.78 is 348. The third-order valence-corrected chi connectivity index (χ3v) is 12.7. The third-order valence-electron chi connectivity index (χ3n) is 9.32. The molecule has 6 nitrogen and oxygen atoms in total. The van der Waals surface area contributed by atoms with Crippen LogP contribution in [0.15, 0.2) is 16.7 Å². The minimum atomic E-state index is -6.06. The number of hydrogen-bond donors (Lipinski definition) is 0. The molecule has 0 atom stereocenters. The summed E-state index contributed by atoms with van der Waals surface area (Å²) in [5.74, 6) is -16.0. The van der Waals surface area contributed by atoms with E-state index in [4.69, 9.17) is 0 Å². The summed E-state index contributed by atoms with van der Waals surface area (Å²) >= 11 is -3.39. The highest BCUT2D eigenvalue weighted by molar-refractivity contribution is 7.13. The Hall–Kier alpha value is -6.66. The minimum absolute atomic E-state index is 0.779. The standard InChI is InChI=1S/C36F24N6S3/c37-16-7(4(1-61)28-64-22(31(43,44)45)25(67-28)34(52,53)54)17(38)11-10(16)12-14(20(41)8(18(12)39)5(2-62)29-65-23(32(46,47)48)26(68-29)35(55,56)57)15-13(11)19(40)9(21(15)42)6(3-63)30-66-24(33(49,50)51)27(69-30)36(58,59)60. The highest BCUT2D eigenvalue weighted by Gasteiger charge is 2.51. The average molecular weight is 1070 g/mol. The Labute approximate surface area is 371 Å². The van der Waals surface area contributed by atoms with Crippen LogP contribution in [0.25, 0.3) is 51.7 Å². The predicted octanol–water partition coefficient (Wildman–Crippen LogP) is 9.61. The molecule has 4 aromatic rings. The zero-order valence-corrected chi connectivity index (χ0v) is 33.4.